The maximum Gasteiger partial charge on any atom is 0.160 e. The lowest BCUT2D eigenvalue weighted by atomic mass is 10.2. The number of aromatic hydroxyl groups is 1. The summed E-state index contributed by atoms with van der Waals surface area (Å²) in [6, 6.07) is 5.09. The Hall–Kier alpha value is -1.30. The first-order valence-electron chi connectivity index (χ1n) is 5.03. The van der Waals surface area contributed by atoms with Gasteiger partial charge in [0.25, 0.3) is 0 Å². The van der Waals surface area contributed by atoms with Crippen LogP contribution in [0, 0.1) is 0 Å². The summed E-state index contributed by atoms with van der Waals surface area (Å²) >= 11 is 0. The molecule has 1 atom stereocenters. The molecule has 0 spiro atoms. The summed E-state index contributed by atoms with van der Waals surface area (Å²) in [6.07, 6.45) is -0.758. The predicted molar refractivity (Wildman–Crippen MR) is 59.5 cm³/mol. The third-order valence-electron chi connectivity index (χ3n) is 2.16. The Kier molecular flexibility index (Phi) is 5.04. The summed E-state index contributed by atoms with van der Waals surface area (Å²) in [6.45, 7) is 0.554. The fraction of sp³-hybridized carbons (Fsp3) is 0.455. The van der Waals surface area contributed by atoms with Gasteiger partial charge in [-0.3, -0.25) is 0 Å². The van der Waals surface area contributed by atoms with E-state index in [0.29, 0.717) is 18.8 Å². The molecule has 0 saturated carbocycles. The van der Waals surface area contributed by atoms with Crippen LogP contribution in [0.3, 0.4) is 0 Å². The molecule has 0 aromatic heterocycles. The van der Waals surface area contributed by atoms with Gasteiger partial charge in [0.2, 0.25) is 0 Å². The van der Waals surface area contributed by atoms with Gasteiger partial charge in [-0.25, -0.2) is 0 Å². The van der Waals surface area contributed by atoms with E-state index in [1.807, 2.05) is 6.07 Å². The second kappa shape index (κ2) is 6.32. The second-order valence-electron chi connectivity index (χ2n) is 3.47. The Morgan fingerprint density at radius 2 is 2.19 bits per heavy atom. The maximum atomic E-state index is 9.50. The fourth-order valence-electron chi connectivity index (χ4n) is 1.29. The highest BCUT2D eigenvalue weighted by molar-refractivity contribution is 5.41. The lowest BCUT2D eigenvalue weighted by Crippen LogP contribution is -2.28. The lowest BCUT2D eigenvalue weighted by molar-refractivity contribution is 0.0942. The van der Waals surface area contributed by atoms with Crippen molar-refractivity contribution in [2.24, 2.45) is 0 Å². The molecule has 0 saturated heterocycles. The molecule has 0 aliphatic heterocycles. The molecule has 16 heavy (non-hydrogen) atoms. The average Bonchev–Trinajstić information content (AvgIpc) is 2.29. The molecule has 0 aliphatic carbocycles. The van der Waals surface area contributed by atoms with Crippen molar-refractivity contribution in [3.63, 3.8) is 0 Å². The highest BCUT2D eigenvalue weighted by Gasteiger charge is 2.04. The molecule has 1 unspecified atom stereocenters. The van der Waals surface area contributed by atoms with E-state index in [2.05, 4.69) is 5.32 Å². The number of hydrogen-bond acceptors (Lipinski definition) is 5. The normalized spacial score (nSPS) is 12.4. The number of phenolic OH excluding ortho intramolecular Hbond substituents is 1. The van der Waals surface area contributed by atoms with Gasteiger partial charge in [0.1, 0.15) is 0 Å². The molecule has 0 aliphatic rings. The molecule has 1 aromatic carbocycles. The molecule has 0 heterocycles. The number of aliphatic hydroxyl groups is 2. The van der Waals surface area contributed by atoms with Crippen LogP contribution in [0.1, 0.15) is 5.56 Å². The van der Waals surface area contributed by atoms with E-state index in [0.717, 1.165) is 5.56 Å². The number of phenols is 1. The van der Waals surface area contributed by atoms with Crippen LogP contribution in [-0.4, -0.2) is 41.7 Å². The minimum atomic E-state index is -0.758. The standard InChI is InChI=1S/C11H17NO4/c1-16-11-3-2-8(4-10(11)15)5-12-6-9(14)7-13/h2-4,9,12-15H,5-7H2,1H3. The number of hydrogen-bond donors (Lipinski definition) is 4. The van der Waals surface area contributed by atoms with Gasteiger partial charge in [0, 0.05) is 13.1 Å². The zero-order valence-corrected chi connectivity index (χ0v) is 9.18. The van der Waals surface area contributed by atoms with E-state index in [4.69, 9.17) is 14.9 Å². The van der Waals surface area contributed by atoms with E-state index in [-0.39, 0.29) is 12.4 Å². The van der Waals surface area contributed by atoms with Gasteiger partial charge < -0.3 is 25.4 Å². The van der Waals surface area contributed by atoms with Gasteiger partial charge in [-0.2, -0.15) is 0 Å². The predicted octanol–water partition coefficient (Wildman–Crippen LogP) is -0.156. The van der Waals surface area contributed by atoms with E-state index in [1.54, 1.807) is 12.1 Å². The summed E-state index contributed by atoms with van der Waals surface area (Å²) in [7, 11) is 1.49. The van der Waals surface area contributed by atoms with Gasteiger partial charge in [-0.15, -0.1) is 0 Å². The highest BCUT2D eigenvalue weighted by Crippen LogP contribution is 2.25. The molecular weight excluding hydrogens is 210 g/mol. The monoisotopic (exact) mass is 227 g/mol. The van der Waals surface area contributed by atoms with Crippen molar-refractivity contribution in [1.82, 2.24) is 5.32 Å². The van der Waals surface area contributed by atoms with Crippen molar-refractivity contribution in [3.05, 3.63) is 23.8 Å². The van der Waals surface area contributed by atoms with Crippen molar-refractivity contribution < 1.29 is 20.1 Å². The molecule has 5 heteroatoms. The van der Waals surface area contributed by atoms with Crippen LogP contribution < -0.4 is 10.1 Å². The molecule has 5 nitrogen and oxygen atoms in total. The number of ether oxygens (including phenoxy) is 1. The van der Waals surface area contributed by atoms with Crippen LogP contribution in [0.4, 0.5) is 0 Å². The Balaban J connectivity index is 2.46. The van der Waals surface area contributed by atoms with E-state index < -0.39 is 6.10 Å². The van der Waals surface area contributed by atoms with Gasteiger partial charge in [0.15, 0.2) is 11.5 Å². The molecule has 0 bridgehead atoms. The number of nitrogens with one attached hydrogen (secondary N) is 1. The van der Waals surface area contributed by atoms with Crippen molar-refractivity contribution >= 4 is 0 Å². The molecule has 0 radical (unpaired) electrons. The van der Waals surface area contributed by atoms with Gasteiger partial charge in [-0.05, 0) is 17.7 Å². The fourth-order valence-corrected chi connectivity index (χ4v) is 1.29. The van der Waals surface area contributed by atoms with Gasteiger partial charge in [0.05, 0.1) is 19.8 Å². The Bertz CT molecular complexity index is 330. The zero-order chi connectivity index (χ0) is 12.0. The molecular formula is C11H17NO4. The first-order chi connectivity index (χ1) is 7.67. The van der Waals surface area contributed by atoms with Crippen molar-refractivity contribution in [2.75, 3.05) is 20.3 Å². The van der Waals surface area contributed by atoms with Gasteiger partial charge >= 0.3 is 0 Å². The average molecular weight is 227 g/mol. The van der Waals surface area contributed by atoms with Crippen molar-refractivity contribution in [3.8, 4) is 11.5 Å². The van der Waals surface area contributed by atoms with E-state index in [1.165, 1.54) is 7.11 Å². The Morgan fingerprint density at radius 3 is 2.75 bits per heavy atom. The van der Waals surface area contributed by atoms with Crippen LogP contribution in [-0.2, 0) is 6.54 Å². The zero-order valence-electron chi connectivity index (χ0n) is 9.18. The smallest absolute Gasteiger partial charge is 0.160 e. The topological polar surface area (TPSA) is 82.0 Å². The highest BCUT2D eigenvalue weighted by atomic mass is 16.5. The minimum Gasteiger partial charge on any atom is -0.504 e. The quantitative estimate of drug-likeness (QED) is 0.543. The first-order valence-corrected chi connectivity index (χ1v) is 5.03. The first kappa shape index (κ1) is 12.8. The molecule has 90 valence electrons. The number of methoxy groups -OCH3 is 1. The van der Waals surface area contributed by atoms with Crippen LogP contribution in [0.5, 0.6) is 11.5 Å². The third kappa shape index (κ3) is 3.69. The third-order valence-corrected chi connectivity index (χ3v) is 2.16. The summed E-state index contributed by atoms with van der Waals surface area (Å²) in [5.74, 6) is 0.517. The van der Waals surface area contributed by atoms with Crippen LogP contribution in [0.2, 0.25) is 0 Å². The minimum absolute atomic E-state index is 0.0875. The van der Waals surface area contributed by atoms with Crippen LogP contribution >= 0.6 is 0 Å². The summed E-state index contributed by atoms with van der Waals surface area (Å²) < 4.78 is 4.92. The maximum absolute atomic E-state index is 9.50. The SMILES string of the molecule is COc1ccc(CNCC(O)CO)cc1O. The van der Waals surface area contributed by atoms with Crippen molar-refractivity contribution in [2.45, 2.75) is 12.6 Å². The van der Waals surface area contributed by atoms with E-state index >= 15 is 0 Å². The largest absolute Gasteiger partial charge is 0.504 e. The molecule has 0 amide bonds. The number of benzene rings is 1. The van der Waals surface area contributed by atoms with E-state index in [9.17, 15) is 5.11 Å². The number of aliphatic hydroxyl groups excluding tert-OH is 2. The Labute approximate surface area is 94.3 Å². The molecule has 4 N–H and O–H groups in total. The van der Waals surface area contributed by atoms with Gasteiger partial charge in [-0.1, -0.05) is 6.07 Å². The molecule has 0 fully saturated rings. The molecule has 1 rings (SSSR count). The van der Waals surface area contributed by atoms with Crippen LogP contribution in [0.25, 0.3) is 0 Å². The van der Waals surface area contributed by atoms with Crippen molar-refractivity contribution in [1.29, 1.82) is 0 Å². The summed E-state index contributed by atoms with van der Waals surface area (Å²) in [5.41, 5.74) is 0.878. The Morgan fingerprint density at radius 1 is 1.44 bits per heavy atom. The molecule has 1 aromatic rings. The number of rotatable bonds is 6. The second-order valence-corrected chi connectivity index (χ2v) is 3.47. The summed E-state index contributed by atoms with van der Waals surface area (Å²) in [4.78, 5) is 0. The van der Waals surface area contributed by atoms with Crippen LogP contribution in [0.15, 0.2) is 18.2 Å². The lowest BCUT2D eigenvalue weighted by Gasteiger charge is -2.10. The summed E-state index contributed by atoms with van der Waals surface area (Å²) in [5, 5.41) is 30.1.